The van der Waals surface area contributed by atoms with Gasteiger partial charge >= 0.3 is 5.97 Å². The minimum Gasteiger partial charge on any atom is -0.459 e. The molecule has 0 heterocycles. The van der Waals surface area contributed by atoms with Gasteiger partial charge in [-0.15, -0.1) is 0 Å². The molecule has 1 N–H and O–H groups in total. The fourth-order valence-corrected chi connectivity index (χ4v) is 1.93. The quantitative estimate of drug-likeness (QED) is 0.828. The van der Waals surface area contributed by atoms with Crippen LogP contribution in [0.2, 0.25) is 0 Å². The fourth-order valence-electron chi connectivity index (χ4n) is 1.93. The van der Waals surface area contributed by atoms with Crippen molar-refractivity contribution in [3.63, 3.8) is 0 Å². The Balaban J connectivity index is 1.84. The number of hydrogen-bond acceptors (Lipinski definition) is 3. The Morgan fingerprint density at radius 3 is 2.24 bits per heavy atom. The zero-order valence-corrected chi connectivity index (χ0v) is 11.7. The van der Waals surface area contributed by atoms with Gasteiger partial charge in [-0.2, -0.15) is 0 Å². The topological polar surface area (TPSA) is 46.5 Å². The van der Waals surface area contributed by atoms with Crippen LogP contribution in [0.3, 0.4) is 0 Å². The van der Waals surface area contributed by atoms with Gasteiger partial charge in [0.1, 0.15) is 6.61 Å². The van der Waals surface area contributed by atoms with Gasteiger partial charge in [-0.25, -0.2) is 4.79 Å². The summed E-state index contributed by atoms with van der Waals surface area (Å²) in [5.74, 6) is -0.629. The first-order chi connectivity index (χ1) is 10.2. The fraction of sp³-hybridized carbons (Fsp3) is 0.167. The van der Waals surface area contributed by atoms with E-state index in [1.807, 2.05) is 60.7 Å². The second-order valence-electron chi connectivity index (χ2n) is 4.78. The van der Waals surface area contributed by atoms with E-state index < -0.39 is 12.1 Å². The second-order valence-corrected chi connectivity index (χ2v) is 4.78. The Kier molecular flexibility index (Phi) is 5.29. The number of hydrogen-bond donors (Lipinski definition) is 1. The summed E-state index contributed by atoms with van der Waals surface area (Å²) in [5.41, 5.74) is 2.51. The Bertz CT molecular complexity index is 590. The molecule has 0 radical (unpaired) electrons. The molecule has 0 aromatic heterocycles. The lowest BCUT2D eigenvalue weighted by atomic mass is 10.0. The van der Waals surface area contributed by atoms with E-state index in [0.29, 0.717) is 5.57 Å². The van der Waals surface area contributed by atoms with Gasteiger partial charge in [0, 0.05) is 6.42 Å². The SMILES string of the molecule is C=C(CC(O)C(=O)OCc1ccccc1)c1ccccc1. The lowest BCUT2D eigenvalue weighted by molar-refractivity contribution is -0.154. The number of benzene rings is 2. The maximum atomic E-state index is 11.8. The minimum atomic E-state index is -1.19. The molecule has 1 unspecified atom stereocenters. The summed E-state index contributed by atoms with van der Waals surface area (Å²) in [5, 5.41) is 9.89. The van der Waals surface area contributed by atoms with Crippen molar-refractivity contribution in [2.24, 2.45) is 0 Å². The maximum Gasteiger partial charge on any atom is 0.335 e. The molecule has 3 nitrogen and oxygen atoms in total. The molecule has 0 spiro atoms. The van der Waals surface area contributed by atoms with Crippen LogP contribution < -0.4 is 0 Å². The highest BCUT2D eigenvalue weighted by atomic mass is 16.5. The van der Waals surface area contributed by atoms with Gasteiger partial charge in [-0.05, 0) is 16.7 Å². The van der Waals surface area contributed by atoms with E-state index in [2.05, 4.69) is 6.58 Å². The van der Waals surface area contributed by atoms with Crippen LogP contribution in [0, 0.1) is 0 Å². The third kappa shape index (κ3) is 4.58. The van der Waals surface area contributed by atoms with E-state index in [4.69, 9.17) is 4.74 Å². The zero-order valence-electron chi connectivity index (χ0n) is 11.7. The summed E-state index contributed by atoms with van der Waals surface area (Å²) in [6.45, 7) is 4.06. The van der Waals surface area contributed by atoms with E-state index in [1.165, 1.54) is 0 Å². The van der Waals surface area contributed by atoms with Crippen molar-refractivity contribution in [1.82, 2.24) is 0 Å². The molecule has 1 atom stereocenters. The van der Waals surface area contributed by atoms with Gasteiger partial charge in [0.05, 0.1) is 0 Å². The first-order valence-corrected chi connectivity index (χ1v) is 6.78. The van der Waals surface area contributed by atoms with Crippen LogP contribution in [-0.2, 0) is 16.1 Å². The van der Waals surface area contributed by atoms with Crippen LogP contribution in [0.4, 0.5) is 0 Å². The van der Waals surface area contributed by atoms with Crippen molar-refractivity contribution in [2.45, 2.75) is 19.1 Å². The molecule has 108 valence electrons. The van der Waals surface area contributed by atoms with Crippen molar-refractivity contribution in [1.29, 1.82) is 0 Å². The van der Waals surface area contributed by atoms with Gasteiger partial charge in [-0.3, -0.25) is 0 Å². The molecule has 0 aliphatic carbocycles. The largest absolute Gasteiger partial charge is 0.459 e. The highest BCUT2D eigenvalue weighted by Crippen LogP contribution is 2.18. The van der Waals surface area contributed by atoms with Gasteiger partial charge < -0.3 is 9.84 Å². The molecule has 3 heteroatoms. The highest BCUT2D eigenvalue weighted by Gasteiger charge is 2.18. The molecule has 2 aromatic carbocycles. The number of carbonyl (C=O) groups excluding carboxylic acids is 1. The number of esters is 1. The van der Waals surface area contributed by atoms with E-state index in [-0.39, 0.29) is 13.0 Å². The maximum absolute atomic E-state index is 11.8. The predicted octanol–water partition coefficient (Wildman–Crippen LogP) is 3.19. The standard InChI is InChI=1S/C18H18O3/c1-14(16-10-6-3-7-11-16)12-17(19)18(20)21-13-15-8-4-2-5-9-15/h2-11,17,19H,1,12-13H2. The number of rotatable bonds is 6. The van der Waals surface area contributed by atoms with Crippen LogP contribution in [0.1, 0.15) is 17.5 Å². The normalized spacial score (nSPS) is 11.7. The highest BCUT2D eigenvalue weighted by molar-refractivity contribution is 5.78. The molecular weight excluding hydrogens is 264 g/mol. The molecular formula is C18H18O3. The number of aliphatic hydroxyl groups is 1. The first-order valence-electron chi connectivity index (χ1n) is 6.78. The molecule has 0 aliphatic heterocycles. The van der Waals surface area contributed by atoms with Crippen molar-refractivity contribution >= 4 is 11.5 Å². The number of ether oxygens (including phenoxy) is 1. The Labute approximate surface area is 124 Å². The molecule has 21 heavy (non-hydrogen) atoms. The lowest BCUT2D eigenvalue weighted by Crippen LogP contribution is -2.23. The van der Waals surface area contributed by atoms with Crippen molar-refractivity contribution in [3.05, 3.63) is 78.4 Å². The smallest absolute Gasteiger partial charge is 0.335 e. The van der Waals surface area contributed by atoms with Crippen molar-refractivity contribution in [3.8, 4) is 0 Å². The Hall–Kier alpha value is -2.39. The van der Waals surface area contributed by atoms with Crippen LogP contribution in [0.15, 0.2) is 67.2 Å². The first kappa shape index (κ1) is 15.0. The van der Waals surface area contributed by atoms with Crippen molar-refractivity contribution < 1.29 is 14.6 Å². The molecule has 2 aromatic rings. The van der Waals surface area contributed by atoms with Gasteiger partial charge in [0.15, 0.2) is 6.10 Å². The monoisotopic (exact) mass is 282 g/mol. The summed E-state index contributed by atoms with van der Waals surface area (Å²) in [7, 11) is 0. The van der Waals surface area contributed by atoms with E-state index >= 15 is 0 Å². The van der Waals surface area contributed by atoms with Crippen molar-refractivity contribution in [2.75, 3.05) is 0 Å². The molecule has 0 saturated carbocycles. The summed E-state index contributed by atoms with van der Waals surface area (Å²) >= 11 is 0. The molecule has 0 amide bonds. The third-order valence-electron chi connectivity index (χ3n) is 3.12. The molecule has 2 rings (SSSR count). The molecule has 0 aliphatic rings. The van der Waals surface area contributed by atoms with Gasteiger partial charge in [-0.1, -0.05) is 67.2 Å². The number of aliphatic hydroxyl groups excluding tert-OH is 1. The van der Waals surface area contributed by atoms with Crippen LogP contribution >= 0.6 is 0 Å². The summed E-state index contributed by atoms with van der Waals surface area (Å²) in [6.07, 6.45) is -1.03. The summed E-state index contributed by atoms with van der Waals surface area (Å²) in [6, 6.07) is 18.8. The predicted molar refractivity (Wildman–Crippen MR) is 82.3 cm³/mol. The average Bonchev–Trinajstić information content (AvgIpc) is 2.54. The lowest BCUT2D eigenvalue weighted by Gasteiger charge is -2.12. The van der Waals surface area contributed by atoms with E-state index in [9.17, 15) is 9.90 Å². The molecule has 0 bridgehead atoms. The molecule has 0 saturated heterocycles. The van der Waals surface area contributed by atoms with E-state index in [0.717, 1.165) is 11.1 Å². The molecule has 0 fully saturated rings. The van der Waals surface area contributed by atoms with Gasteiger partial charge in [0.2, 0.25) is 0 Å². The Morgan fingerprint density at radius 1 is 1.05 bits per heavy atom. The summed E-state index contributed by atoms with van der Waals surface area (Å²) in [4.78, 5) is 11.8. The van der Waals surface area contributed by atoms with Crippen LogP contribution in [-0.4, -0.2) is 17.2 Å². The Morgan fingerprint density at radius 2 is 1.62 bits per heavy atom. The third-order valence-corrected chi connectivity index (χ3v) is 3.12. The van der Waals surface area contributed by atoms with E-state index in [1.54, 1.807) is 0 Å². The van der Waals surface area contributed by atoms with Crippen LogP contribution in [0.5, 0.6) is 0 Å². The minimum absolute atomic E-state index is 0.161. The van der Waals surface area contributed by atoms with Gasteiger partial charge in [0.25, 0.3) is 0 Å². The number of carbonyl (C=O) groups is 1. The van der Waals surface area contributed by atoms with Crippen LogP contribution in [0.25, 0.3) is 5.57 Å². The summed E-state index contributed by atoms with van der Waals surface area (Å²) < 4.78 is 5.10. The average molecular weight is 282 g/mol. The zero-order chi connectivity index (χ0) is 15.1. The second kappa shape index (κ2) is 7.41.